The first-order valence-corrected chi connectivity index (χ1v) is 5.96. The Kier molecular flexibility index (Phi) is 5.26. The molecule has 0 aliphatic heterocycles. The van der Waals surface area contributed by atoms with Crippen molar-refractivity contribution in [2.75, 3.05) is 0 Å². The summed E-state index contributed by atoms with van der Waals surface area (Å²) in [6.07, 6.45) is 3.07. The topological polar surface area (TPSA) is 34.1 Å². The third kappa shape index (κ3) is 4.62. The molecular weight excluding hydrogens is 200 g/mol. The first kappa shape index (κ1) is 13.0. The summed E-state index contributed by atoms with van der Waals surface area (Å²) in [7, 11) is 0. The molecule has 0 amide bonds. The lowest BCUT2D eigenvalue weighted by molar-refractivity contribution is 0.217. The van der Waals surface area contributed by atoms with Crippen LogP contribution >= 0.6 is 0 Å². The van der Waals surface area contributed by atoms with Gasteiger partial charge in [-0.15, -0.1) is 0 Å². The number of rotatable bonds is 6. The molecule has 0 spiro atoms. The zero-order valence-electron chi connectivity index (χ0n) is 10.7. The van der Waals surface area contributed by atoms with Crippen LogP contribution in [0.2, 0.25) is 0 Å². The quantitative estimate of drug-likeness (QED) is 0.803. The van der Waals surface area contributed by atoms with E-state index in [9.17, 15) is 0 Å². The fourth-order valence-corrected chi connectivity index (χ4v) is 1.25. The van der Waals surface area contributed by atoms with Gasteiger partial charge in [0.05, 0.1) is 11.8 Å². The Morgan fingerprint density at radius 3 is 2.75 bits per heavy atom. The van der Waals surface area contributed by atoms with Crippen molar-refractivity contribution in [2.45, 2.75) is 52.8 Å². The van der Waals surface area contributed by atoms with Gasteiger partial charge in [0.15, 0.2) is 0 Å². The second-order valence-corrected chi connectivity index (χ2v) is 4.36. The maximum atomic E-state index is 5.74. The normalized spacial score (nSPS) is 12.8. The van der Waals surface area contributed by atoms with Crippen molar-refractivity contribution in [2.24, 2.45) is 0 Å². The summed E-state index contributed by atoms with van der Waals surface area (Å²) >= 11 is 0. The lowest BCUT2D eigenvalue weighted by Gasteiger charge is -2.13. The molecule has 0 saturated heterocycles. The first-order valence-electron chi connectivity index (χ1n) is 5.96. The van der Waals surface area contributed by atoms with Crippen molar-refractivity contribution in [3.05, 3.63) is 24.0 Å². The molecule has 1 atom stereocenters. The maximum absolute atomic E-state index is 5.74. The van der Waals surface area contributed by atoms with Crippen molar-refractivity contribution in [1.29, 1.82) is 0 Å². The van der Waals surface area contributed by atoms with Gasteiger partial charge < -0.3 is 10.1 Å². The minimum Gasteiger partial charge on any atom is -0.491 e. The molecule has 0 bridgehead atoms. The summed E-state index contributed by atoms with van der Waals surface area (Å²) < 4.78 is 5.74. The van der Waals surface area contributed by atoms with E-state index >= 15 is 0 Å². The van der Waals surface area contributed by atoms with Gasteiger partial charge in [-0.05, 0) is 19.4 Å². The van der Waals surface area contributed by atoms with Crippen LogP contribution in [0, 0.1) is 0 Å². The molecule has 1 rings (SSSR count). The van der Waals surface area contributed by atoms with Gasteiger partial charge in [-0.25, -0.2) is 0 Å². The van der Waals surface area contributed by atoms with E-state index in [2.05, 4.69) is 38.0 Å². The van der Waals surface area contributed by atoms with Crippen LogP contribution in [0.5, 0.6) is 5.75 Å². The fraction of sp³-hybridized carbons (Fsp3) is 0.615. The first-order chi connectivity index (χ1) is 7.61. The van der Waals surface area contributed by atoms with Crippen molar-refractivity contribution in [3.63, 3.8) is 0 Å². The number of nitrogens with one attached hydrogen (secondary N) is 1. The summed E-state index contributed by atoms with van der Waals surface area (Å²) in [5.41, 5.74) is 1.02. The number of hydrogen-bond donors (Lipinski definition) is 1. The number of pyridine rings is 1. The zero-order chi connectivity index (χ0) is 12.0. The third-order valence-corrected chi connectivity index (χ3v) is 2.39. The Bertz CT molecular complexity index is 313. The molecule has 3 heteroatoms. The second kappa shape index (κ2) is 6.48. The Labute approximate surface area is 98.2 Å². The molecule has 1 aromatic heterocycles. The molecule has 1 aromatic rings. The van der Waals surface area contributed by atoms with Gasteiger partial charge in [0.1, 0.15) is 5.75 Å². The van der Waals surface area contributed by atoms with E-state index in [1.54, 1.807) is 6.20 Å². The standard InChI is InChI=1S/C13H22N2O/c1-5-11(4)16-13-6-7-14-12(8-13)9-15-10(2)3/h6-8,10-11,15H,5,9H2,1-4H3. The van der Waals surface area contributed by atoms with E-state index in [-0.39, 0.29) is 6.10 Å². The summed E-state index contributed by atoms with van der Waals surface area (Å²) in [5, 5.41) is 3.34. The van der Waals surface area contributed by atoms with Crippen LogP contribution in [0.4, 0.5) is 0 Å². The van der Waals surface area contributed by atoms with Crippen LogP contribution in [0.25, 0.3) is 0 Å². The molecule has 3 nitrogen and oxygen atoms in total. The van der Waals surface area contributed by atoms with E-state index in [4.69, 9.17) is 4.74 Å². The van der Waals surface area contributed by atoms with Crippen LogP contribution in [0.1, 0.15) is 39.8 Å². The van der Waals surface area contributed by atoms with E-state index in [0.717, 1.165) is 24.4 Å². The molecule has 1 heterocycles. The van der Waals surface area contributed by atoms with Gasteiger partial charge in [0, 0.05) is 24.8 Å². The highest BCUT2D eigenvalue weighted by molar-refractivity contribution is 5.22. The Balaban J connectivity index is 2.56. The fourth-order valence-electron chi connectivity index (χ4n) is 1.25. The molecular formula is C13H22N2O. The lowest BCUT2D eigenvalue weighted by atomic mass is 10.3. The highest BCUT2D eigenvalue weighted by Crippen LogP contribution is 2.13. The van der Waals surface area contributed by atoms with E-state index in [1.807, 2.05) is 12.1 Å². The number of hydrogen-bond acceptors (Lipinski definition) is 3. The Hall–Kier alpha value is -1.09. The predicted molar refractivity (Wildman–Crippen MR) is 66.6 cm³/mol. The number of ether oxygens (including phenoxy) is 1. The molecule has 16 heavy (non-hydrogen) atoms. The summed E-state index contributed by atoms with van der Waals surface area (Å²) in [5.74, 6) is 0.907. The van der Waals surface area contributed by atoms with Gasteiger partial charge in [-0.3, -0.25) is 4.98 Å². The van der Waals surface area contributed by atoms with Crippen LogP contribution < -0.4 is 10.1 Å². The van der Waals surface area contributed by atoms with Gasteiger partial charge in [0.25, 0.3) is 0 Å². The monoisotopic (exact) mass is 222 g/mol. The number of nitrogens with zero attached hydrogens (tertiary/aromatic N) is 1. The van der Waals surface area contributed by atoms with Gasteiger partial charge in [-0.1, -0.05) is 20.8 Å². The van der Waals surface area contributed by atoms with E-state index < -0.39 is 0 Å². The van der Waals surface area contributed by atoms with Gasteiger partial charge in [-0.2, -0.15) is 0 Å². The second-order valence-electron chi connectivity index (χ2n) is 4.36. The van der Waals surface area contributed by atoms with Crippen LogP contribution in [0.3, 0.4) is 0 Å². The summed E-state index contributed by atoms with van der Waals surface area (Å²) in [6, 6.07) is 4.38. The largest absolute Gasteiger partial charge is 0.491 e. The average molecular weight is 222 g/mol. The van der Waals surface area contributed by atoms with Gasteiger partial charge >= 0.3 is 0 Å². The van der Waals surface area contributed by atoms with E-state index in [0.29, 0.717) is 6.04 Å². The Morgan fingerprint density at radius 2 is 2.12 bits per heavy atom. The van der Waals surface area contributed by atoms with Crippen LogP contribution in [-0.2, 0) is 6.54 Å². The van der Waals surface area contributed by atoms with Crippen molar-refractivity contribution in [3.8, 4) is 5.75 Å². The molecule has 1 N–H and O–H groups in total. The molecule has 1 unspecified atom stereocenters. The molecule has 90 valence electrons. The molecule has 0 aromatic carbocycles. The molecule has 0 fully saturated rings. The highest BCUT2D eigenvalue weighted by Gasteiger charge is 2.03. The molecule has 0 radical (unpaired) electrons. The van der Waals surface area contributed by atoms with Crippen molar-refractivity contribution >= 4 is 0 Å². The Morgan fingerprint density at radius 1 is 1.38 bits per heavy atom. The molecule has 0 aliphatic rings. The highest BCUT2D eigenvalue weighted by atomic mass is 16.5. The van der Waals surface area contributed by atoms with Crippen molar-refractivity contribution < 1.29 is 4.74 Å². The summed E-state index contributed by atoms with van der Waals surface area (Å²) in [4.78, 5) is 4.30. The summed E-state index contributed by atoms with van der Waals surface area (Å²) in [6.45, 7) is 9.23. The maximum Gasteiger partial charge on any atom is 0.123 e. The third-order valence-electron chi connectivity index (χ3n) is 2.39. The van der Waals surface area contributed by atoms with Crippen LogP contribution in [0.15, 0.2) is 18.3 Å². The van der Waals surface area contributed by atoms with E-state index in [1.165, 1.54) is 0 Å². The predicted octanol–water partition coefficient (Wildman–Crippen LogP) is 2.76. The van der Waals surface area contributed by atoms with Crippen LogP contribution in [-0.4, -0.2) is 17.1 Å². The lowest BCUT2D eigenvalue weighted by Crippen LogP contribution is -2.22. The molecule has 0 saturated carbocycles. The molecule has 0 aliphatic carbocycles. The minimum atomic E-state index is 0.258. The average Bonchev–Trinajstić information content (AvgIpc) is 2.26. The zero-order valence-corrected chi connectivity index (χ0v) is 10.7. The smallest absolute Gasteiger partial charge is 0.123 e. The number of aromatic nitrogens is 1. The van der Waals surface area contributed by atoms with Crippen molar-refractivity contribution in [1.82, 2.24) is 10.3 Å². The van der Waals surface area contributed by atoms with Gasteiger partial charge in [0.2, 0.25) is 0 Å². The SMILES string of the molecule is CCC(C)Oc1ccnc(CNC(C)C)c1. The minimum absolute atomic E-state index is 0.258.